The molecule has 0 saturated heterocycles. The zero-order valence-corrected chi connectivity index (χ0v) is 18.6. The number of ether oxygens (including phenoxy) is 1. The maximum Gasteiger partial charge on any atom is 0.404 e. The van der Waals surface area contributed by atoms with Gasteiger partial charge in [-0.15, -0.1) is 0 Å². The average Bonchev–Trinajstić information content (AvgIpc) is 2.67. The molecule has 0 aliphatic carbocycles. The number of carboxylic acid groups (broad SMARTS) is 1. The number of hydrogen-bond donors (Lipinski definition) is 3. The Bertz CT molecular complexity index is 754. The maximum atomic E-state index is 13.5. The molecule has 3 N–H and O–H groups in total. The molecule has 3 atom stereocenters. The van der Waals surface area contributed by atoms with Gasteiger partial charge in [-0.05, 0) is 23.8 Å². The zero-order valence-electron chi connectivity index (χ0n) is 18.6. The Morgan fingerprint density at radius 1 is 1.06 bits per heavy atom. The highest BCUT2D eigenvalue weighted by molar-refractivity contribution is 5.85. The van der Waals surface area contributed by atoms with E-state index in [4.69, 9.17) is 4.74 Å². The van der Waals surface area contributed by atoms with Gasteiger partial charge < -0.3 is 15.2 Å². The summed E-state index contributed by atoms with van der Waals surface area (Å²) in [5.41, 5.74) is 0.727. The predicted octanol–water partition coefficient (Wildman–Crippen LogP) is 3.28. The first-order chi connectivity index (χ1) is 14.8. The zero-order chi connectivity index (χ0) is 24.5. The van der Waals surface area contributed by atoms with Crippen LogP contribution in [-0.4, -0.2) is 47.3 Å². The molecule has 32 heavy (non-hydrogen) atoms. The molecule has 0 radical (unpaired) electrons. The van der Waals surface area contributed by atoms with Gasteiger partial charge in [0.05, 0.1) is 6.42 Å². The summed E-state index contributed by atoms with van der Waals surface area (Å²) in [5, 5.41) is 13.5. The van der Waals surface area contributed by atoms with Gasteiger partial charge in [-0.1, -0.05) is 58.0 Å². The van der Waals surface area contributed by atoms with E-state index in [9.17, 15) is 32.7 Å². The third kappa shape index (κ3) is 9.67. The molecule has 0 fully saturated rings. The number of alkyl halides is 3. The molecule has 0 saturated carbocycles. The van der Waals surface area contributed by atoms with E-state index in [1.807, 2.05) is 5.32 Å². The predicted molar refractivity (Wildman–Crippen MR) is 111 cm³/mol. The maximum absolute atomic E-state index is 13.5. The molecule has 0 aliphatic heterocycles. The van der Waals surface area contributed by atoms with E-state index in [0.29, 0.717) is 0 Å². The first kappa shape index (κ1) is 27.4. The van der Waals surface area contributed by atoms with Crippen molar-refractivity contribution in [1.82, 2.24) is 10.6 Å². The second-order valence-electron chi connectivity index (χ2n) is 8.37. The highest BCUT2D eigenvalue weighted by Crippen LogP contribution is 2.24. The number of carbonyl (C=O) groups excluding carboxylic acids is 2. The largest absolute Gasteiger partial charge is 0.480 e. The molecule has 1 unspecified atom stereocenters. The fourth-order valence-corrected chi connectivity index (χ4v) is 2.99. The van der Waals surface area contributed by atoms with Crippen molar-refractivity contribution in [3.05, 3.63) is 35.9 Å². The molecule has 7 nitrogen and oxygen atoms in total. The molecule has 0 heterocycles. The topological polar surface area (TPSA) is 105 Å². The number of esters is 1. The molecular formula is C22H31F3N2O5. The van der Waals surface area contributed by atoms with E-state index in [1.54, 1.807) is 44.2 Å². The van der Waals surface area contributed by atoms with Crippen molar-refractivity contribution < 1.29 is 37.4 Å². The van der Waals surface area contributed by atoms with Crippen molar-refractivity contribution in [3.63, 3.8) is 0 Å². The molecule has 0 bridgehead atoms. The Hall–Kier alpha value is -2.62. The van der Waals surface area contributed by atoms with E-state index in [1.165, 1.54) is 13.8 Å². The fraction of sp³-hybridized carbons (Fsp3) is 0.591. The summed E-state index contributed by atoms with van der Waals surface area (Å²) >= 11 is 0. The summed E-state index contributed by atoms with van der Waals surface area (Å²) in [4.78, 5) is 36.1. The van der Waals surface area contributed by atoms with Crippen LogP contribution in [-0.2, 0) is 25.7 Å². The van der Waals surface area contributed by atoms with Crippen molar-refractivity contribution in [2.45, 2.75) is 71.4 Å². The van der Waals surface area contributed by atoms with Crippen molar-refractivity contribution in [2.24, 2.45) is 11.8 Å². The van der Waals surface area contributed by atoms with Gasteiger partial charge in [0.15, 0.2) is 0 Å². The van der Waals surface area contributed by atoms with Gasteiger partial charge in [0, 0.05) is 0 Å². The third-order valence-electron chi connectivity index (χ3n) is 4.65. The Kier molecular flexibility index (Phi) is 10.6. The van der Waals surface area contributed by atoms with Crippen LogP contribution in [0.25, 0.3) is 0 Å². The number of amides is 1. The Morgan fingerprint density at radius 3 is 2.12 bits per heavy atom. The van der Waals surface area contributed by atoms with Gasteiger partial charge in [-0.3, -0.25) is 14.9 Å². The van der Waals surface area contributed by atoms with E-state index in [0.717, 1.165) is 5.56 Å². The lowest BCUT2D eigenvalue weighted by molar-refractivity contribution is -0.167. The van der Waals surface area contributed by atoms with Crippen molar-refractivity contribution in [3.8, 4) is 0 Å². The molecule has 1 aromatic carbocycles. The summed E-state index contributed by atoms with van der Waals surface area (Å²) in [6, 6.07) is 3.83. The van der Waals surface area contributed by atoms with Gasteiger partial charge >= 0.3 is 18.1 Å². The van der Waals surface area contributed by atoms with Gasteiger partial charge in [0.25, 0.3) is 0 Å². The molecule has 1 amide bonds. The first-order valence-electron chi connectivity index (χ1n) is 10.4. The monoisotopic (exact) mass is 460 g/mol. The van der Waals surface area contributed by atoms with E-state index in [2.05, 4.69) is 5.32 Å². The number of nitrogens with one attached hydrogen (secondary N) is 2. The van der Waals surface area contributed by atoms with Crippen LogP contribution >= 0.6 is 0 Å². The van der Waals surface area contributed by atoms with E-state index in [-0.39, 0.29) is 18.9 Å². The highest BCUT2D eigenvalue weighted by atomic mass is 19.4. The molecule has 1 rings (SSSR count). The van der Waals surface area contributed by atoms with Gasteiger partial charge in [-0.25, -0.2) is 4.79 Å². The summed E-state index contributed by atoms with van der Waals surface area (Å²) in [7, 11) is 0. The second-order valence-corrected chi connectivity index (χ2v) is 8.37. The highest BCUT2D eigenvalue weighted by Gasteiger charge is 2.43. The van der Waals surface area contributed by atoms with Crippen LogP contribution in [0.15, 0.2) is 30.3 Å². The average molecular weight is 460 g/mol. The van der Waals surface area contributed by atoms with Gasteiger partial charge in [-0.2, -0.15) is 13.2 Å². The Balaban J connectivity index is 2.85. The minimum absolute atomic E-state index is 0.0362. The molecule has 0 aromatic heterocycles. The van der Waals surface area contributed by atoms with Gasteiger partial charge in [0.2, 0.25) is 5.91 Å². The lowest BCUT2D eigenvalue weighted by atomic mass is 10.0. The van der Waals surface area contributed by atoms with Crippen molar-refractivity contribution >= 4 is 17.8 Å². The number of rotatable bonds is 12. The normalized spacial score (nSPS) is 14.7. The van der Waals surface area contributed by atoms with Crippen LogP contribution in [0.1, 0.15) is 46.1 Å². The number of benzene rings is 1. The van der Waals surface area contributed by atoms with Crippen LogP contribution in [0.4, 0.5) is 13.2 Å². The van der Waals surface area contributed by atoms with Crippen molar-refractivity contribution in [1.29, 1.82) is 0 Å². The van der Waals surface area contributed by atoms with Crippen LogP contribution in [0.5, 0.6) is 0 Å². The van der Waals surface area contributed by atoms with Crippen LogP contribution in [0.3, 0.4) is 0 Å². The number of aliphatic carboxylic acids is 1. The van der Waals surface area contributed by atoms with E-state index >= 15 is 0 Å². The van der Waals surface area contributed by atoms with Crippen molar-refractivity contribution in [2.75, 3.05) is 0 Å². The van der Waals surface area contributed by atoms with E-state index < -0.39 is 54.5 Å². The lowest BCUT2D eigenvalue weighted by Gasteiger charge is -2.27. The number of carbonyl (C=O) groups is 3. The Labute approximate surface area is 185 Å². The summed E-state index contributed by atoms with van der Waals surface area (Å²) < 4.78 is 45.6. The molecule has 1 aromatic rings. The molecule has 10 heteroatoms. The number of hydrogen-bond acceptors (Lipinski definition) is 5. The molecule has 0 aliphatic rings. The Morgan fingerprint density at radius 2 is 1.66 bits per heavy atom. The third-order valence-corrected chi connectivity index (χ3v) is 4.65. The smallest absolute Gasteiger partial charge is 0.404 e. The summed E-state index contributed by atoms with van der Waals surface area (Å²) in [6.45, 7) is 6.47. The lowest BCUT2D eigenvalue weighted by Crippen LogP contribution is -2.54. The standard InChI is InChI=1S/C22H31F3N2O5/c1-13(2)10-16(21(31)32-12-15-8-6-5-7-9-15)26-18(28)11-17(22(23,24)25)27-19(14(3)4)20(29)30/h5-9,13-14,16-17,19,27H,10-12H2,1-4H3,(H,26,28)(H,29,30)/t16-,17?,19-/m0/s1. The minimum atomic E-state index is -4.86. The summed E-state index contributed by atoms with van der Waals surface area (Å²) in [6.07, 6.45) is -5.75. The van der Waals surface area contributed by atoms with Crippen LogP contribution in [0.2, 0.25) is 0 Å². The SMILES string of the molecule is CC(C)C[C@H](NC(=O)CC(N[C@H](C(=O)O)C(C)C)C(F)(F)F)C(=O)OCc1ccccc1. The fourth-order valence-electron chi connectivity index (χ4n) is 2.99. The number of carboxylic acids is 1. The van der Waals surface area contributed by atoms with Gasteiger partial charge in [0.1, 0.15) is 24.7 Å². The summed E-state index contributed by atoms with van der Waals surface area (Å²) in [5.74, 6) is -3.91. The number of halogens is 3. The quantitative estimate of drug-likeness (QED) is 0.414. The molecule has 0 spiro atoms. The second kappa shape index (κ2) is 12.4. The first-order valence-corrected chi connectivity index (χ1v) is 10.4. The van der Waals surface area contributed by atoms with Crippen LogP contribution in [0, 0.1) is 11.8 Å². The molecule has 180 valence electrons. The minimum Gasteiger partial charge on any atom is -0.480 e. The molecular weight excluding hydrogens is 429 g/mol. The van der Waals surface area contributed by atoms with Crippen LogP contribution < -0.4 is 10.6 Å².